The fourth-order valence-electron chi connectivity index (χ4n) is 2.82. The number of nitrogens with two attached hydrogens (primary N) is 1. The van der Waals surface area contributed by atoms with Gasteiger partial charge in [0.25, 0.3) is 5.69 Å². The number of hydrogen-bond donors (Lipinski definition) is 1. The van der Waals surface area contributed by atoms with E-state index in [9.17, 15) is 10.1 Å². The second-order valence-corrected chi connectivity index (χ2v) is 5.49. The van der Waals surface area contributed by atoms with Gasteiger partial charge in [-0.1, -0.05) is 0 Å². The summed E-state index contributed by atoms with van der Waals surface area (Å²) in [5.41, 5.74) is 6.41. The molecule has 1 unspecified atom stereocenters. The van der Waals surface area contributed by atoms with E-state index in [1.165, 1.54) is 6.07 Å². The quantitative estimate of drug-likeness (QED) is 0.654. The van der Waals surface area contributed by atoms with Crippen LogP contribution >= 0.6 is 0 Å². The van der Waals surface area contributed by atoms with Crippen LogP contribution in [-0.2, 0) is 0 Å². The van der Waals surface area contributed by atoms with Gasteiger partial charge in [0.05, 0.1) is 11.0 Å². The predicted octanol–water partition coefficient (Wildman–Crippen LogP) is 1.54. The number of fused-ring (bicyclic) bond motifs is 1. The highest BCUT2D eigenvalue weighted by molar-refractivity contribution is 5.70. The van der Waals surface area contributed by atoms with Crippen molar-refractivity contribution < 1.29 is 14.4 Å². The van der Waals surface area contributed by atoms with Gasteiger partial charge in [0, 0.05) is 25.7 Å². The molecule has 21 heavy (non-hydrogen) atoms. The molecule has 1 atom stereocenters. The first-order valence-electron chi connectivity index (χ1n) is 7.12. The molecule has 0 saturated heterocycles. The zero-order valence-electron chi connectivity index (χ0n) is 11.9. The maximum atomic E-state index is 11.4. The van der Waals surface area contributed by atoms with Crippen LogP contribution in [0.3, 0.4) is 0 Å². The Bertz CT molecular complexity index is 559. The van der Waals surface area contributed by atoms with Gasteiger partial charge >= 0.3 is 0 Å². The summed E-state index contributed by atoms with van der Waals surface area (Å²) in [6.07, 6.45) is 2.26. The third-order valence-electron chi connectivity index (χ3n) is 4.12. The zero-order chi connectivity index (χ0) is 15.0. The summed E-state index contributed by atoms with van der Waals surface area (Å²) < 4.78 is 11.0. The highest BCUT2D eigenvalue weighted by Gasteiger charge is 2.35. The minimum Gasteiger partial charge on any atom is -0.486 e. The largest absolute Gasteiger partial charge is 0.486 e. The van der Waals surface area contributed by atoms with Gasteiger partial charge in [-0.2, -0.15) is 0 Å². The maximum absolute atomic E-state index is 11.4. The van der Waals surface area contributed by atoms with Gasteiger partial charge in [-0.15, -0.1) is 0 Å². The fourth-order valence-corrected chi connectivity index (χ4v) is 2.82. The number of nitrogens with zero attached hydrogens (tertiary/aromatic N) is 2. The molecular formula is C14H19N3O4. The molecule has 1 aromatic rings. The molecule has 0 bridgehead atoms. The smallest absolute Gasteiger partial charge is 0.296 e. The normalized spacial score (nSPS) is 18.2. The number of nitro benzene ring substituents is 1. The Morgan fingerprint density at radius 1 is 1.38 bits per heavy atom. The van der Waals surface area contributed by atoms with Crippen molar-refractivity contribution in [3.05, 3.63) is 22.2 Å². The maximum Gasteiger partial charge on any atom is 0.296 e. The predicted molar refractivity (Wildman–Crippen MR) is 78.1 cm³/mol. The summed E-state index contributed by atoms with van der Waals surface area (Å²) >= 11 is 0. The molecule has 7 nitrogen and oxygen atoms in total. The Kier molecular flexibility index (Phi) is 3.59. The van der Waals surface area contributed by atoms with E-state index < -0.39 is 0 Å². The standard InChI is InChI=1S/C14H19N3O4/c1-16(12(8-15)9-2-3-9)10-6-13-14(21-5-4-20-13)7-11(10)17(18)19/h6-7,9,12H,2-5,8,15H2,1H3. The highest BCUT2D eigenvalue weighted by atomic mass is 16.6. The summed E-state index contributed by atoms with van der Waals surface area (Å²) in [4.78, 5) is 12.9. The fraction of sp³-hybridized carbons (Fsp3) is 0.571. The van der Waals surface area contributed by atoms with E-state index in [-0.39, 0.29) is 16.7 Å². The Morgan fingerprint density at radius 3 is 2.52 bits per heavy atom. The number of hydrogen-bond acceptors (Lipinski definition) is 6. The van der Waals surface area contributed by atoms with E-state index in [4.69, 9.17) is 15.2 Å². The first kappa shape index (κ1) is 13.9. The molecule has 1 aliphatic heterocycles. The second kappa shape index (κ2) is 5.40. The van der Waals surface area contributed by atoms with Crippen molar-refractivity contribution in [1.82, 2.24) is 0 Å². The monoisotopic (exact) mass is 293 g/mol. The molecule has 3 rings (SSSR count). The molecule has 0 spiro atoms. The molecular weight excluding hydrogens is 274 g/mol. The number of rotatable bonds is 5. The SMILES string of the molecule is CN(c1cc2c(cc1[N+](=O)[O-])OCCO2)C(CN)C1CC1. The Balaban J connectivity index is 2.00. The summed E-state index contributed by atoms with van der Waals surface area (Å²) in [6, 6.07) is 3.25. The average molecular weight is 293 g/mol. The first-order chi connectivity index (χ1) is 10.1. The number of ether oxygens (including phenoxy) is 2. The van der Waals surface area contributed by atoms with Gasteiger partial charge in [0.1, 0.15) is 18.9 Å². The topological polar surface area (TPSA) is 90.9 Å². The summed E-state index contributed by atoms with van der Waals surface area (Å²) in [5.74, 6) is 1.51. The Hall–Kier alpha value is -2.02. The molecule has 1 saturated carbocycles. The van der Waals surface area contributed by atoms with E-state index in [0.717, 1.165) is 12.8 Å². The molecule has 0 aromatic heterocycles. The number of nitro groups is 1. The molecule has 1 aromatic carbocycles. The van der Waals surface area contributed by atoms with Gasteiger partial charge in [0.15, 0.2) is 11.5 Å². The lowest BCUT2D eigenvalue weighted by atomic mass is 10.1. The van der Waals surface area contributed by atoms with Gasteiger partial charge in [-0.3, -0.25) is 10.1 Å². The molecule has 2 N–H and O–H groups in total. The van der Waals surface area contributed by atoms with E-state index >= 15 is 0 Å². The molecule has 1 aliphatic carbocycles. The Morgan fingerprint density at radius 2 is 2.00 bits per heavy atom. The lowest BCUT2D eigenvalue weighted by Gasteiger charge is -2.30. The van der Waals surface area contributed by atoms with Crippen molar-refractivity contribution in [2.24, 2.45) is 11.7 Å². The van der Waals surface area contributed by atoms with Crippen molar-refractivity contribution in [3.63, 3.8) is 0 Å². The van der Waals surface area contributed by atoms with Crippen LogP contribution in [0, 0.1) is 16.0 Å². The highest BCUT2D eigenvalue weighted by Crippen LogP contribution is 2.43. The van der Waals surface area contributed by atoms with Gasteiger partial charge in [0.2, 0.25) is 0 Å². The molecule has 1 fully saturated rings. The minimum absolute atomic E-state index is 0.0286. The summed E-state index contributed by atoms with van der Waals surface area (Å²) in [7, 11) is 1.86. The molecule has 0 amide bonds. The van der Waals surface area contributed by atoms with E-state index in [1.54, 1.807) is 6.07 Å². The van der Waals surface area contributed by atoms with Crippen LogP contribution in [0.4, 0.5) is 11.4 Å². The van der Waals surface area contributed by atoms with Crippen molar-refractivity contribution in [1.29, 1.82) is 0 Å². The van der Waals surface area contributed by atoms with Gasteiger partial charge < -0.3 is 20.1 Å². The zero-order valence-corrected chi connectivity index (χ0v) is 11.9. The van der Waals surface area contributed by atoms with Gasteiger partial charge in [-0.05, 0) is 18.8 Å². The van der Waals surface area contributed by atoms with Crippen LogP contribution in [0.1, 0.15) is 12.8 Å². The van der Waals surface area contributed by atoms with Crippen molar-refractivity contribution in [2.75, 3.05) is 31.7 Å². The summed E-state index contributed by atoms with van der Waals surface area (Å²) in [6.45, 7) is 1.34. The number of anilines is 1. The van der Waals surface area contributed by atoms with Crippen LogP contribution < -0.4 is 20.1 Å². The minimum atomic E-state index is -0.384. The third-order valence-corrected chi connectivity index (χ3v) is 4.12. The van der Waals surface area contributed by atoms with Gasteiger partial charge in [-0.25, -0.2) is 0 Å². The van der Waals surface area contributed by atoms with Crippen molar-refractivity contribution in [2.45, 2.75) is 18.9 Å². The lowest BCUT2D eigenvalue weighted by Crippen LogP contribution is -2.40. The molecule has 0 radical (unpaired) electrons. The van der Waals surface area contributed by atoms with Crippen molar-refractivity contribution in [3.8, 4) is 11.5 Å². The Labute approximate surface area is 122 Å². The van der Waals surface area contributed by atoms with E-state index in [2.05, 4.69) is 0 Å². The van der Waals surface area contributed by atoms with Crippen LogP contribution in [0.5, 0.6) is 11.5 Å². The van der Waals surface area contributed by atoms with Crippen LogP contribution in [0.25, 0.3) is 0 Å². The molecule has 2 aliphatic rings. The van der Waals surface area contributed by atoms with Crippen LogP contribution in [0.15, 0.2) is 12.1 Å². The van der Waals surface area contributed by atoms with Crippen LogP contribution in [-0.4, -0.2) is 37.8 Å². The second-order valence-electron chi connectivity index (χ2n) is 5.49. The first-order valence-corrected chi connectivity index (χ1v) is 7.12. The van der Waals surface area contributed by atoms with E-state index in [0.29, 0.717) is 42.9 Å². The average Bonchev–Trinajstić information content (AvgIpc) is 3.31. The summed E-state index contributed by atoms with van der Waals surface area (Å²) in [5, 5.41) is 11.4. The van der Waals surface area contributed by atoms with Crippen LogP contribution in [0.2, 0.25) is 0 Å². The third kappa shape index (κ3) is 2.61. The molecule has 7 heteroatoms. The number of likely N-dealkylation sites (N-methyl/N-ethyl adjacent to an activating group) is 1. The van der Waals surface area contributed by atoms with Crippen molar-refractivity contribution >= 4 is 11.4 Å². The van der Waals surface area contributed by atoms with E-state index in [1.807, 2.05) is 11.9 Å². The lowest BCUT2D eigenvalue weighted by molar-refractivity contribution is -0.384. The number of benzene rings is 1. The molecule has 114 valence electrons. The molecule has 1 heterocycles.